The number of nitrogens with one attached hydrogen (secondary N) is 1. The van der Waals surface area contributed by atoms with E-state index < -0.39 is 0 Å². The molecule has 0 amide bonds. The van der Waals surface area contributed by atoms with Crippen molar-refractivity contribution in [1.29, 1.82) is 0 Å². The third-order valence-electron chi connectivity index (χ3n) is 3.15. The molecule has 106 valence electrons. The van der Waals surface area contributed by atoms with Crippen molar-refractivity contribution in [3.05, 3.63) is 59.7 Å². The number of ether oxygens (including phenoxy) is 1. The number of unbranched alkanes of at least 4 members (excludes halogenated alkanes) is 1. The van der Waals surface area contributed by atoms with Gasteiger partial charge in [0, 0.05) is 29.4 Å². The Morgan fingerprint density at radius 2 is 1.80 bits per heavy atom. The van der Waals surface area contributed by atoms with Crippen LogP contribution in [0.15, 0.2) is 48.5 Å². The second-order valence-electron chi connectivity index (χ2n) is 4.81. The molecule has 0 aliphatic rings. The van der Waals surface area contributed by atoms with Gasteiger partial charge < -0.3 is 4.74 Å². The van der Waals surface area contributed by atoms with Gasteiger partial charge in [0.05, 0.1) is 0 Å². The number of halogens is 1. The van der Waals surface area contributed by atoms with E-state index in [9.17, 15) is 0 Å². The van der Waals surface area contributed by atoms with E-state index in [1.54, 1.807) is 0 Å². The summed E-state index contributed by atoms with van der Waals surface area (Å²) in [4.78, 5) is 0. The Hall–Kier alpha value is -1.07. The monoisotopic (exact) mass is 381 g/mol. The van der Waals surface area contributed by atoms with E-state index in [2.05, 4.69) is 57.6 Å². The van der Waals surface area contributed by atoms with Crippen LogP contribution >= 0.6 is 22.9 Å². The van der Waals surface area contributed by atoms with Gasteiger partial charge >= 0.3 is 0 Å². The highest BCUT2D eigenvalue weighted by atomic mass is 127. The van der Waals surface area contributed by atoms with Gasteiger partial charge in [0.15, 0.2) is 0 Å². The SMILES string of the molecule is CCCCc1ccc(Oc2cccc(CNI)c2)cc1. The maximum Gasteiger partial charge on any atom is 0.127 e. The molecule has 0 aliphatic carbocycles. The molecule has 2 aromatic carbocycles. The minimum absolute atomic E-state index is 0.841. The molecule has 0 fully saturated rings. The van der Waals surface area contributed by atoms with E-state index in [0.717, 1.165) is 24.5 Å². The highest BCUT2D eigenvalue weighted by molar-refractivity contribution is 14.1. The maximum absolute atomic E-state index is 5.89. The van der Waals surface area contributed by atoms with Gasteiger partial charge in [0.2, 0.25) is 0 Å². The van der Waals surface area contributed by atoms with Crippen molar-refractivity contribution in [2.45, 2.75) is 32.7 Å². The summed E-state index contributed by atoms with van der Waals surface area (Å²) in [6, 6.07) is 16.6. The van der Waals surface area contributed by atoms with Crippen LogP contribution in [-0.2, 0) is 13.0 Å². The average Bonchev–Trinajstić information content (AvgIpc) is 2.47. The summed E-state index contributed by atoms with van der Waals surface area (Å²) in [5.74, 6) is 1.78. The Morgan fingerprint density at radius 3 is 2.50 bits per heavy atom. The fraction of sp³-hybridized carbons (Fsp3) is 0.294. The van der Waals surface area contributed by atoms with Gasteiger partial charge in [0.1, 0.15) is 11.5 Å². The Kier molecular flexibility index (Phi) is 6.33. The molecular weight excluding hydrogens is 361 g/mol. The average molecular weight is 381 g/mol. The highest BCUT2D eigenvalue weighted by Gasteiger charge is 2.00. The quantitative estimate of drug-likeness (QED) is 0.522. The molecule has 0 saturated heterocycles. The fourth-order valence-electron chi connectivity index (χ4n) is 2.04. The van der Waals surface area contributed by atoms with Crippen molar-refractivity contribution in [3.63, 3.8) is 0 Å². The standard InChI is InChI=1S/C17H20INO/c1-2-3-5-14-8-10-16(11-9-14)20-17-7-4-6-15(12-17)13-19-18/h4,6-12,19H,2-3,5,13H2,1H3. The molecule has 3 heteroatoms. The molecule has 0 bridgehead atoms. The number of benzene rings is 2. The first-order chi connectivity index (χ1) is 9.81. The molecule has 0 aromatic heterocycles. The normalized spacial score (nSPS) is 10.5. The van der Waals surface area contributed by atoms with E-state index in [1.165, 1.54) is 24.0 Å². The first kappa shape index (κ1) is 15.3. The van der Waals surface area contributed by atoms with Gasteiger partial charge in [-0.15, -0.1) is 0 Å². The molecule has 0 radical (unpaired) electrons. The number of rotatable bonds is 7. The van der Waals surface area contributed by atoms with Gasteiger partial charge in [-0.2, -0.15) is 0 Å². The van der Waals surface area contributed by atoms with Gasteiger partial charge in [0.25, 0.3) is 0 Å². The second kappa shape index (κ2) is 8.27. The predicted octanol–water partition coefficient (Wildman–Crippen LogP) is 5.26. The molecule has 0 atom stereocenters. The van der Waals surface area contributed by atoms with E-state index >= 15 is 0 Å². The molecule has 0 heterocycles. The molecule has 2 rings (SSSR count). The summed E-state index contributed by atoms with van der Waals surface area (Å²) < 4.78 is 9.01. The Morgan fingerprint density at radius 1 is 1.00 bits per heavy atom. The molecule has 20 heavy (non-hydrogen) atoms. The Labute approximate surface area is 135 Å². The van der Waals surface area contributed by atoms with Gasteiger partial charge in [-0.3, -0.25) is 3.53 Å². The van der Waals surface area contributed by atoms with Gasteiger partial charge in [-0.25, -0.2) is 0 Å². The summed E-state index contributed by atoms with van der Waals surface area (Å²) in [5, 5.41) is 0. The lowest BCUT2D eigenvalue weighted by Crippen LogP contribution is -1.97. The summed E-state index contributed by atoms with van der Waals surface area (Å²) in [6.07, 6.45) is 3.62. The lowest BCUT2D eigenvalue weighted by molar-refractivity contribution is 0.481. The first-order valence-electron chi connectivity index (χ1n) is 7.01. The molecule has 2 aromatic rings. The minimum atomic E-state index is 0.841. The number of hydrogen-bond acceptors (Lipinski definition) is 2. The van der Waals surface area contributed by atoms with E-state index in [1.807, 2.05) is 24.3 Å². The van der Waals surface area contributed by atoms with E-state index in [-0.39, 0.29) is 0 Å². The van der Waals surface area contributed by atoms with Crippen LogP contribution < -0.4 is 8.27 Å². The molecule has 0 spiro atoms. The third kappa shape index (κ3) is 4.80. The van der Waals surface area contributed by atoms with Crippen molar-refractivity contribution in [3.8, 4) is 11.5 Å². The van der Waals surface area contributed by atoms with Crippen molar-refractivity contribution in [2.75, 3.05) is 0 Å². The summed E-state index contributed by atoms with van der Waals surface area (Å²) >= 11 is 2.15. The smallest absolute Gasteiger partial charge is 0.127 e. The zero-order chi connectivity index (χ0) is 14.2. The molecule has 2 nitrogen and oxygen atoms in total. The van der Waals surface area contributed by atoms with Crippen LogP contribution in [-0.4, -0.2) is 0 Å². The van der Waals surface area contributed by atoms with Gasteiger partial charge in [-0.1, -0.05) is 37.6 Å². The zero-order valence-electron chi connectivity index (χ0n) is 11.7. The van der Waals surface area contributed by atoms with Crippen LogP contribution in [0.4, 0.5) is 0 Å². The predicted molar refractivity (Wildman–Crippen MR) is 92.4 cm³/mol. The number of hydrogen-bond donors (Lipinski definition) is 1. The van der Waals surface area contributed by atoms with Crippen LogP contribution in [0.5, 0.6) is 11.5 Å². The third-order valence-corrected chi connectivity index (χ3v) is 3.53. The lowest BCUT2D eigenvalue weighted by atomic mass is 10.1. The molecule has 0 unspecified atom stereocenters. The summed E-state index contributed by atoms with van der Waals surface area (Å²) in [5.41, 5.74) is 2.60. The van der Waals surface area contributed by atoms with Gasteiger partial charge in [-0.05, 0) is 48.2 Å². The number of aryl methyl sites for hydroxylation is 1. The zero-order valence-corrected chi connectivity index (χ0v) is 13.9. The van der Waals surface area contributed by atoms with Crippen LogP contribution in [0.3, 0.4) is 0 Å². The van der Waals surface area contributed by atoms with Crippen LogP contribution in [0, 0.1) is 0 Å². The minimum Gasteiger partial charge on any atom is -0.457 e. The summed E-state index contributed by atoms with van der Waals surface area (Å²) in [6.45, 7) is 3.06. The molecule has 0 aliphatic heterocycles. The van der Waals surface area contributed by atoms with Crippen LogP contribution in [0.2, 0.25) is 0 Å². The van der Waals surface area contributed by atoms with Crippen LogP contribution in [0.25, 0.3) is 0 Å². The Balaban J connectivity index is 2.00. The van der Waals surface area contributed by atoms with Crippen molar-refractivity contribution >= 4 is 22.9 Å². The van der Waals surface area contributed by atoms with Crippen molar-refractivity contribution in [2.24, 2.45) is 0 Å². The Bertz CT molecular complexity index is 525. The maximum atomic E-state index is 5.89. The van der Waals surface area contributed by atoms with E-state index in [0.29, 0.717) is 0 Å². The van der Waals surface area contributed by atoms with Crippen molar-refractivity contribution in [1.82, 2.24) is 3.53 Å². The topological polar surface area (TPSA) is 21.3 Å². The lowest BCUT2D eigenvalue weighted by Gasteiger charge is -2.08. The highest BCUT2D eigenvalue weighted by Crippen LogP contribution is 2.23. The summed E-state index contributed by atoms with van der Waals surface area (Å²) in [7, 11) is 0. The second-order valence-corrected chi connectivity index (χ2v) is 5.57. The first-order valence-corrected chi connectivity index (χ1v) is 8.09. The van der Waals surface area contributed by atoms with Crippen LogP contribution in [0.1, 0.15) is 30.9 Å². The fourth-order valence-corrected chi connectivity index (χ4v) is 2.48. The van der Waals surface area contributed by atoms with Crippen molar-refractivity contribution < 1.29 is 4.74 Å². The largest absolute Gasteiger partial charge is 0.457 e. The molecule has 1 N–H and O–H groups in total. The molecule has 0 saturated carbocycles. The van der Waals surface area contributed by atoms with E-state index in [4.69, 9.17) is 4.74 Å². The molecular formula is C17H20INO.